The number of imidazole rings is 1. The summed E-state index contributed by atoms with van der Waals surface area (Å²) in [7, 11) is 0. The topological polar surface area (TPSA) is 85.9 Å². The zero-order valence-corrected chi connectivity index (χ0v) is 17.1. The van der Waals surface area contributed by atoms with Crippen LogP contribution in [0.25, 0.3) is 28.3 Å². The van der Waals surface area contributed by atoms with E-state index in [1.165, 1.54) is 5.57 Å². The van der Waals surface area contributed by atoms with E-state index in [0.717, 1.165) is 51.4 Å². The SMILES string of the molecule is CC/C(=C(/c1ccc(/C=C/C(=O)O)cc1)c1ccc2[nH]c(=O)[nH]c2c1)c1ccccc1. The Hall–Kier alpha value is -4.12. The highest BCUT2D eigenvalue weighted by Gasteiger charge is 2.14. The van der Waals surface area contributed by atoms with Crippen LogP contribution in [-0.2, 0) is 4.79 Å². The molecular formula is C26H22N2O3. The van der Waals surface area contributed by atoms with Crippen LogP contribution in [0.1, 0.15) is 35.6 Å². The molecule has 0 unspecified atom stereocenters. The van der Waals surface area contributed by atoms with Crippen molar-refractivity contribution in [3.63, 3.8) is 0 Å². The fourth-order valence-corrected chi connectivity index (χ4v) is 3.80. The summed E-state index contributed by atoms with van der Waals surface area (Å²) in [6.45, 7) is 2.13. The van der Waals surface area contributed by atoms with Crippen LogP contribution >= 0.6 is 0 Å². The quantitative estimate of drug-likeness (QED) is 0.297. The molecule has 154 valence electrons. The highest BCUT2D eigenvalue weighted by molar-refractivity contribution is 6.00. The molecule has 0 aliphatic carbocycles. The molecule has 0 saturated heterocycles. The van der Waals surface area contributed by atoms with E-state index < -0.39 is 5.97 Å². The monoisotopic (exact) mass is 410 g/mol. The number of aliphatic carboxylic acids is 1. The number of carboxylic acid groups (broad SMARTS) is 1. The van der Waals surface area contributed by atoms with Crippen LogP contribution in [-0.4, -0.2) is 21.0 Å². The lowest BCUT2D eigenvalue weighted by Gasteiger charge is -2.16. The molecule has 3 aromatic carbocycles. The lowest BCUT2D eigenvalue weighted by molar-refractivity contribution is -0.131. The molecule has 0 spiro atoms. The number of aromatic nitrogens is 2. The van der Waals surface area contributed by atoms with Crippen molar-refractivity contribution in [3.8, 4) is 0 Å². The molecule has 1 aromatic heterocycles. The van der Waals surface area contributed by atoms with E-state index in [1.54, 1.807) is 6.08 Å². The Bertz CT molecular complexity index is 1340. The Morgan fingerprint density at radius 1 is 0.871 bits per heavy atom. The van der Waals surface area contributed by atoms with Crippen LogP contribution in [0.5, 0.6) is 0 Å². The van der Waals surface area contributed by atoms with Gasteiger partial charge in [-0.15, -0.1) is 0 Å². The predicted molar refractivity (Wildman–Crippen MR) is 125 cm³/mol. The van der Waals surface area contributed by atoms with Crippen molar-refractivity contribution in [2.45, 2.75) is 13.3 Å². The Balaban J connectivity index is 1.91. The predicted octanol–water partition coefficient (Wildman–Crippen LogP) is 5.32. The van der Waals surface area contributed by atoms with Crippen molar-refractivity contribution in [1.29, 1.82) is 0 Å². The third kappa shape index (κ3) is 4.41. The number of carboxylic acids is 1. The summed E-state index contributed by atoms with van der Waals surface area (Å²) >= 11 is 0. The number of nitrogens with one attached hydrogen (secondary N) is 2. The third-order valence-electron chi connectivity index (χ3n) is 5.20. The van der Waals surface area contributed by atoms with E-state index in [9.17, 15) is 9.59 Å². The number of fused-ring (bicyclic) bond motifs is 1. The van der Waals surface area contributed by atoms with Crippen molar-refractivity contribution in [1.82, 2.24) is 9.97 Å². The summed E-state index contributed by atoms with van der Waals surface area (Å²) < 4.78 is 0. The van der Waals surface area contributed by atoms with Gasteiger partial charge in [-0.1, -0.05) is 67.6 Å². The molecule has 0 radical (unpaired) electrons. The van der Waals surface area contributed by atoms with Crippen LogP contribution in [0.2, 0.25) is 0 Å². The lowest BCUT2D eigenvalue weighted by atomic mass is 9.88. The smallest absolute Gasteiger partial charge is 0.328 e. The number of carbonyl (C=O) groups is 1. The fourth-order valence-electron chi connectivity index (χ4n) is 3.80. The van der Waals surface area contributed by atoms with Gasteiger partial charge in [0.25, 0.3) is 0 Å². The second-order valence-electron chi connectivity index (χ2n) is 7.21. The summed E-state index contributed by atoms with van der Waals surface area (Å²) in [6.07, 6.45) is 3.52. The summed E-state index contributed by atoms with van der Waals surface area (Å²) in [4.78, 5) is 28.2. The number of hydrogen-bond acceptors (Lipinski definition) is 2. The van der Waals surface area contributed by atoms with Gasteiger partial charge in [-0.3, -0.25) is 0 Å². The Morgan fingerprint density at radius 3 is 2.23 bits per heavy atom. The minimum absolute atomic E-state index is 0.231. The maximum Gasteiger partial charge on any atom is 0.328 e. The molecule has 0 saturated carbocycles. The molecule has 0 aliphatic heterocycles. The average molecular weight is 410 g/mol. The Labute approximate surface area is 179 Å². The van der Waals surface area contributed by atoms with E-state index >= 15 is 0 Å². The highest BCUT2D eigenvalue weighted by Crippen LogP contribution is 2.35. The average Bonchev–Trinajstić information content (AvgIpc) is 3.16. The number of rotatable bonds is 6. The van der Waals surface area contributed by atoms with Gasteiger partial charge < -0.3 is 15.1 Å². The minimum Gasteiger partial charge on any atom is -0.478 e. The van der Waals surface area contributed by atoms with Gasteiger partial charge in [0.1, 0.15) is 0 Å². The van der Waals surface area contributed by atoms with Gasteiger partial charge >= 0.3 is 11.7 Å². The van der Waals surface area contributed by atoms with Crippen molar-refractivity contribution in [2.75, 3.05) is 0 Å². The zero-order chi connectivity index (χ0) is 21.8. The summed E-state index contributed by atoms with van der Waals surface area (Å²) in [6, 6.07) is 24.0. The van der Waals surface area contributed by atoms with E-state index in [0.29, 0.717) is 0 Å². The molecule has 4 rings (SSSR count). The largest absolute Gasteiger partial charge is 0.478 e. The van der Waals surface area contributed by atoms with Gasteiger partial charge in [0.05, 0.1) is 11.0 Å². The molecular weight excluding hydrogens is 388 g/mol. The Kier molecular flexibility index (Phi) is 5.67. The van der Waals surface area contributed by atoms with Gasteiger partial charge in [-0.25, -0.2) is 9.59 Å². The van der Waals surface area contributed by atoms with Crippen molar-refractivity contribution >= 4 is 34.2 Å². The van der Waals surface area contributed by atoms with Crippen molar-refractivity contribution in [3.05, 3.63) is 112 Å². The minimum atomic E-state index is -0.976. The van der Waals surface area contributed by atoms with E-state index in [4.69, 9.17) is 5.11 Å². The molecule has 1 heterocycles. The number of allylic oxidation sites excluding steroid dienone is 1. The molecule has 0 amide bonds. The summed E-state index contributed by atoms with van der Waals surface area (Å²) in [5, 5.41) is 8.86. The molecule has 0 aliphatic rings. The normalized spacial score (nSPS) is 12.3. The molecule has 5 nitrogen and oxygen atoms in total. The van der Waals surface area contributed by atoms with Crippen LogP contribution in [0.3, 0.4) is 0 Å². The second-order valence-corrected chi connectivity index (χ2v) is 7.21. The van der Waals surface area contributed by atoms with Crippen LogP contribution in [0.15, 0.2) is 83.7 Å². The van der Waals surface area contributed by atoms with E-state index in [2.05, 4.69) is 29.0 Å². The number of H-pyrrole nitrogens is 2. The molecule has 3 N–H and O–H groups in total. The fraction of sp³-hybridized carbons (Fsp3) is 0.0769. The first-order valence-corrected chi connectivity index (χ1v) is 10.1. The first-order valence-electron chi connectivity index (χ1n) is 10.1. The van der Waals surface area contributed by atoms with E-state index in [1.807, 2.05) is 60.7 Å². The van der Waals surface area contributed by atoms with Crippen LogP contribution in [0, 0.1) is 0 Å². The van der Waals surface area contributed by atoms with Gasteiger partial charge in [0, 0.05) is 6.08 Å². The van der Waals surface area contributed by atoms with Crippen LogP contribution in [0.4, 0.5) is 0 Å². The molecule has 4 aromatic rings. The second kappa shape index (κ2) is 8.71. The standard InChI is InChI=1S/C26H22N2O3/c1-2-21(18-6-4-3-5-7-18)25(19-11-8-17(9-12-19)10-15-24(29)30)20-13-14-22-23(16-20)28-26(31)27-22/h3-16H,2H2,1H3,(H,29,30)(H2,27,28,31)/b15-10+,25-21+. The molecule has 31 heavy (non-hydrogen) atoms. The van der Waals surface area contributed by atoms with Gasteiger partial charge in [-0.05, 0) is 58.0 Å². The first kappa shape index (κ1) is 20.2. The molecule has 0 fully saturated rings. The maximum atomic E-state index is 11.7. The maximum absolute atomic E-state index is 11.7. The summed E-state index contributed by atoms with van der Waals surface area (Å²) in [5.41, 5.74) is 7.52. The van der Waals surface area contributed by atoms with Gasteiger partial charge in [-0.2, -0.15) is 0 Å². The van der Waals surface area contributed by atoms with Crippen LogP contribution < -0.4 is 5.69 Å². The van der Waals surface area contributed by atoms with E-state index in [-0.39, 0.29) is 5.69 Å². The molecule has 5 heteroatoms. The number of benzene rings is 3. The zero-order valence-electron chi connectivity index (χ0n) is 17.1. The van der Waals surface area contributed by atoms with Gasteiger partial charge in [0.15, 0.2) is 0 Å². The highest BCUT2D eigenvalue weighted by atomic mass is 16.4. The summed E-state index contributed by atoms with van der Waals surface area (Å²) in [5.74, 6) is -0.976. The lowest BCUT2D eigenvalue weighted by Crippen LogP contribution is -1.99. The van der Waals surface area contributed by atoms with Crippen molar-refractivity contribution < 1.29 is 9.90 Å². The first-order chi connectivity index (χ1) is 15.0. The molecule has 0 atom stereocenters. The molecule has 0 bridgehead atoms. The third-order valence-corrected chi connectivity index (χ3v) is 5.20. The number of hydrogen-bond donors (Lipinski definition) is 3. The number of aromatic amines is 2. The van der Waals surface area contributed by atoms with Crippen molar-refractivity contribution in [2.24, 2.45) is 0 Å². The Morgan fingerprint density at radius 2 is 1.55 bits per heavy atom. The van der Waals surface area contributed by atoms with Gasteiger partial charge in [0.2, 0.25) is 0 Å².